The van der Waals surface area contributed by atoms with Crippen LogP contribution in [0.1, 0.15) is 12.5 Å². The Kier molecular flexibility index (Phi) is 4.51. The van der Waals surface area contributed by atoms with Gasteiger partial charge in [-0.25, -0.2) is 4.39 Å². The Morgan fingerprint density at radius 1 is 1.57 bits per heavy atom. The number of rotatable bonds is 4. The molecule has 0 aliphatic rings. The second-order valence-electron chi connectivity index (χ2n) is 3.25. The number of halogens is 2. The predicted octanol–water partition coefficient (Wildman–Crippen LogP) is 2.03. The largest absolute Gasteiger partial charge is 0.329 e. The van der Waals surface area contributed by atoms with Crippen molar-refractivity contribution in [1.82, 2.24) is 5.32 Å². The Morgan fingerprint density at radius 2 is 2.29 bits per heavy atom. The van der Waals surface area contributed by atoms with Gasteiger partial charge in [-0.15, -0.1) is 0 Å². The number of benzene rings is 1. The molecule has 2 nitrogen and oxygen atoms in total. The molecule has 1 aromatic rings. The van der Waals surface area contributed by atoms with Gasteiger partial charge in [0.1, 0.15) is 5.82 Å². The molecule has 0 radical (unpaired) electrons. The molecule has 1 rings (SSSR count). The summed E-state index contributed by atoms with van der Waals surface area (Å²) in [5.41, 5.74) is 6.09. The first-order valence-corrected chi connectivity index (χ1v) is 5.30. The monoisotopic (exact) mass is 260 g/mol. The van der Waals surface area contributed by atoms with Crippen molar-refractivity contribution in [3.05, 3.63) is 34.1 Å². The van der Waals surface area contributed by atoms with E-state index in [1.165, 1.54) is 6.07 Å². The molecule has 0 aliphatic carbocycles. The summed E-state index contributed by atoms with van der Waals surface area (Å²) >= 11 is 3.30. The first-order valence-electron chi connectivity index (χ1n) is 4.51. The van der Waals surface area contributed by atoms with E-state index in [-0.39, 0.29) is 11.9 Å². The van der Waals surface area contributed by atoms with Crippen LogP contribution < -0.4 is 11.1 Å². The fourth-order valence-corrected chi connectivity index (χ4v) is 1.45. The van der Waals surface area contributed by atoms with Crippen LogP contribution in [0.3, 0.4) is 0 Å². The van der Waals surface area contributed by atoms with E-state index in [9.17, 15) is 4.39 Å². The number of hydrogen-bond donors (Lipinski definition) is 2. The minimum absolute atomic E-state index is 0.190. The summed E-state index contributed by atoms with van der Waals surface area (Å²) < 4.78 is 14.1. The zero-order chi connectivity index (χ0) is 10.6. The van der Waals surface area contributed by atoms with Crippen LogP contribution in [-0.4, -0.2) is 12.6 Å². The first-order chi connectivity index (χ1) is 6.63. The average Bonchev–Trinajstić information content (AvgIpc) is 2.19. The summed E-state index contributed by atoms with van der Waals surface area (Å²) in [4.78, 5) is 0. The minimum Gasteiger partial charge on any atom is -0.329 e. The summed E-state index contributed by atoms with van der Waals surface area (Å²) in [5, 5.41) is 3.13. The number of nitrogens with two attached hydrogens (primary N) is 1. The van der Waals surface area contributed by atoms with Gasteiger partial charge in [0, 0.05) is 29.2 Å². The third-order valence-electron chi connectivity index (χ3n) is 2.00. The van der Waals surface area contributed by atoms with E-state index in [2.05, 4.69) is 21.2 Å². The summed E-state index contributed by atoms with van der Waals surface area (Å²) in [6, 6.07) is 5.11. The maximum atomic E-state index is 13.2. The van der Waals surface area contributed by atoms with E-state index < -0.39 is 0 Å². The Bertz CT molecular complexity index is 304. The van der Waals surface area contributed by atoms with Gasteiger partial charge in [0.25, 0.3) is 0 Å². The van der Waals surface area contributed by atoms with E-state index in [0.717, 1.165) is 4.47 Å². The summed E-state index contributed by atoms with van der Waals surface area (Å²) in [5.74, 6) is -0.190. The van der Waals surface area contributed by atoms with Crippen LogP contribution in [-0.2, 0) is 6.54 Å². The Morgan fingerprint density at radius 3 is 2.93 bits per heavy atom. The van der Waals surface area contributed by atoms with Gasteiger partial charge in [-0.05, 0) is 25.1 Å². The van der Waals surface area contributed by atoms with E-state index in [1.54, 1.807) is 12.1 Å². The highest BCUT2D eigenvalue weighted by molar-refractivity contribution is 9.10. The van der Waals surface area contributed by atoms with Crippen molar-refractivity contribution in [3.63, 3.8) is 0 Å². The normalized spacial score (nSPS) is 12.9. The van der Waals surface area contributed by atoms with Gasteiger partial charge in [-0.3, -0.25) is 0 Å². The highest BCUT2D eigenvalue weighted by Crippen LogP contribution is 2.15. The second kappa shape index (κ2) is 5.44. The molecular formula is C10H14BrFN2. The lowest BCUT2D eigenvalue weighted by molar-refractivity contribution is 0.533. The van der Waals surface area contributed by atoms with Gasteiger partial charge < -0.3 is 11.1 Å². The van der Waals surface area contributed by atoms with Crippen molar-refractivity contribution < 1.29 is 4.39 Å². The number of hydrogen-bond acceptors (Lipinski definition) is 2. The minimum atomic E-state index is -0.190. The van der Waals surface area contributed by atoms with Gasteiger partial charge in [-0.1, -0.05) is 15.9 Å². The number of nitrogens with one attached hydrogen (secondary N) is 1. The smallest absolute Gasteiger partial charge is 0.127 e. The standard InChI is InChI=1S/C10H14BrFN2/c1-7(5-13)14-6-8-4-9(11)2-3-10(8)12/h2-4,7,14H,5-6,13H2,1H3/t7-/m1/s1. The molecule has 1 atom stereocenters. The van der Waals surface area contributed by atoms with E-state index in [4.69, 9.17) is 5.73 Å². The van der Waals surface area contributed by atoms with Gasteiger partial charge >= 0.3 is 0 Å². The van der Waals surface area contributed by atoms with Crippen LogP contribution in [0.5, 0.6) is 0 Å². The predicted molar refractivity (Wildman–Crippen MR) is 59.5 cm³/mol. The molecule has 4 heteroatoms. The zero-order valence-electron chi connectivity index (χ0n) is 8.06. The molecule has 3 N–H and O–H groups in total. The first kappa shape index (κ1) is 11.6. The van der Waals surface area contributed by atoms with Gasteiger partial charge in [0.05, 0.1) is 0 Å². The molecule has 0 amide bonds. The fourth-order valence-electron chi connectivity index (χ4n) is 1.05. The van der Waals surface area contributed by atoms with Gasteiger partial charge in [-0.2, -0.15) is 0 Å². The molecule has 0 aliphatic heterocycles. The third kappa shape index (κ3) is 3.36. The van der Waals surface area contributed by atoms with Crippen LogP contribution >= 0.6 is 15.9 Å². The van der Waals surface area contributed by atoms with Crippen molar-refractivity contribution >= 4 is 15.9 Å². The molecule has 14 heavy (non-hydrogen) atoms. The Labute approximate surface area is 91.8 Å². The zero-order valence-corrected chi connectivity index (χ0v) is 9.64. The third-order valence-corrected chi connectivity index (χ3v) is 2.50. The summed E-state index contributed by atoms with van der Waals surface area (Å²) in [6.45, 7) is 3.02. The lowest BCUT2D eigenvalue weighted by Gasteiger charge is -2.11. The SMILES string of the molecule is C[C@H](CN)NCc1cc(Br)ccc1F. The van der Waals surface area contributed by atoms with Crippen molar-refractivity contribution in [3.8, 4) is 0 Å². The lowest BCUT2D eigenvalue weighted by Crippen LogP contribution is -2.32. The molecule has 0 saturated carbocycles. The maximum Gasteiger partial charge on any atom is 0.127 e. The maximum absolute atomic E-state index is 13.2. The summed E-state index contributed by atoms with van der Waals surface area (Å²) in [6.07, 6.45) is 0. The Balaban J connectivity index is 2.62. The second-order valence-corrected chi connectivity index (χ2v) is 4.17. The van der Waals surface area contributed by atoms with Crippen molar-refractivity contribution in [2.24, 2.45) is 5.73 Å². The molecular weight excluding hydrogens is 247 g/mol. The molecule has 78 valence electrons. The topological polar surface area (TPSA) is 38.0 Å². The molecule has 0 spiro atoms. The molecule has 0 fully saturated rings. The lowest BCUT2D eigenvalue weighted by atomic mass is 10.2. The van der Waals surface area contributed by atoms with Crippen LogP contribution in [0, 0.1) is 5.82 Å². The van der Waals surface area contributed by atoms with Gasteiger partial charge in [0.2, 0.25) is 0 Å². The molecule has 0 bridgehead atoms. The molecule has 0 heterocycles. The van der Waals surface area contributed by atoms with E-state index >= 15 is 0 Å². The quantitative estimate of drug-likeness (QED) is 0.870. The highest BCUT2D eigenvalue weighted by atomic mass is 79.9. The fraction of sp³-hybridized carbons (Fsp3) is 0.400. The molecule has 0 aromatic heterocycles. The van der Waals surface area contributed by atoms with Crippen molar-refractivity contribution in [2.45, 2.75) is 19.5 Å². The van der Waals surface area contributed by atoms with E-state index in [0.29, 0.717) is 18.7 Å². The average molecular weight is 261 g/mol. The van der Waals surface area contributed by atoms with Gasteiger partial charge in [0.15, 0.2) is 0 Å². The van der Waals surface area contributed by atoms with Crippen LogP contribution in [0.2, 0.25) is 0 Å². The van der Waals surface area contributed by atoms with Crippen LogP contribution in [0.15, 0.2) is 22.7 Å². The van der Waals surface area contributed by atoms with Crippen molar-refractivity contribution in [1.29, 1.82) is 0 Å². The summed E-state index contributed by atoms with van der Waals surface area (Å²) in [7, 11) is 0. The molecule has 0 saturated heterocycles. The van der Waals surface area contributed by atoms with Crippen LogP contribution in [0.25, 0.3) is 0 Å². The Hall–Kier alpha value is -0.450. The van der Waals surface area contributed by atoms with Crippen LogP contribution in [0.4, 0.5) is 4.39 Å². The molecule has 1 aromatic carbocycles. The van der Waals surface area contributed by atoms with Crippen molar-refractivity contribution in [2.75, 3.05) is 6.54 Å². The molecule has 0 unspecified atom stereocenters. The highest BCUT2D eigenvalue weighted by Gasteiger charge is 2.04. The van der Waals surface area contributed by atoms with E-state index in [1.807, 2.05) is 6.92 Å².